The third-order valence-electron chi connectivity index (χ3n) is 7.03. The van der Waals surface area contributed by atoms with Crippen LogP contribution in [0.25, 0.3) is 22.2 Å². The van der Waals surface area contributed by atoms with Crippen LogP contribution in [-0.2, 0) is 18.4 Å². The number of nitrogens with one attached hydrogen (secondary N) is 1. The number of piperazine rings is 1. The largest absolute Gasteiger partial charge is 0.340 e. The number of amides is 1. The van der Waals surface area contributed by atoms with E-state index in [4.69, 9.17) is 0 Å². The number of carbonyl (C=O) groups excluding carboxylic acids is 1. The minimum atomic E-state index is -0.488. The number of nitrogens with zero attached hydrogens (tertiary/aromatic N) is 7. The topological polar surface area (TPSA) is 92.1 Å². The Morgan fingerprint density at radius 3 is 2.53 bits per heavy atom. The van der Waals surface area contributed by atoms with Gasteiger partial charge in [-0.2, -0.15) is 5.10 Å². The van der Waals surface area contributed by atoms with Crippen molar-refractivity contribution >= 4 is 28.6 Å². The zero-order chi connectivity index (χ0) is 27.0. The molecule has 0 unspecified atom stereocenters. The second-order valence-electron chi connectivity index (χ2n) is 10.2. The maximum Gasteiger partial charge on any atom is 0.229 e. The molecule has 0 bridgehead atoms. The van der Waals surface area contributed by atoms with Gasteiger partial charge in [-0.3, -0.25) is 14.4 Å². The highest BCUT2D eigenvalue weighted by Gasteiger charge is 2.20. The van der Waals surface area contributed by atoms with Gasteiger partial charge in [-0.15, -0.1) is 0 Å². The van der Waals surface area contributed by atoms with Crippen LogP contribution in [0.3, 0.4) is 0 Å². The van der Waals surface area contributed by atoms with E-state index in [2.05, 4.69) is 44.1 Å². The monoisotopic (exact) mass is 516 g/mol. The van der Waals surface area contributed by atoms with E-state index in [9.17, 15) is 9.18 Å². The molecule has 3 aromatic heterocycles. The van der Waals surface area contributed by atoms with Crippen molar-refractivity contribution in [1.29, 1.82) is 0 Å². The Morgan fingerprint density at radius 2 is 1.87 bits per heavy atom. The van der Waals surface area contributed by atoms with Crippen molar-refractivity contribution in [2.24, 2.45) is 7.05 Å². The number of anilines is 2. The molecule has 0 aliphatic carbocycles. The fourth-order valence-corrected chi connectivity index (χ4v) is 5.12. The van der Waals surface area contributed by atoms with Gasteiger partial charge in [-0.1, -0.05) is 19.9 Å². The normalized spacial score (nSPS) is 14.4. The van der Waals surface area contributed by atoms with Gasteiger partial charge >= 0.3 is 0 Å². The Labute approximate surface area is 221 Å². The van der Waals surface area contributed by atoms with Gasteiger partial charge in [0.25, 0.3) is 0 Å². The van der Waals surface area contributed by atoms with Gasteiger partial charge in [-0.05, 0) is 42.2 Å². The number of aromatic nitrogens is 5. The Balaban J connectivity index is 1.33. The first-order valence-corrected chi connectivity index (χ1v) is 12.9. The lowest BCUT2D eigenvalue weighted by Crippen LogP contribution is -2.47. The number of aryl methyl sites for hydroxylation is 2. The molecule has 1 N–H and O–H groups in total. The van der Waals surface area contributed by atoms with E-state index in [0.717, 1.165) is 60.4 Å². The summed E-state index contributed by atoms with van der Waals surface area (Å²) in [5.74, 6) is 0.758. The van der Waals surface area contributed by atoms with Gasteiger partial charge in [0.1, 0.15) is 11.5 Å². The first-order chi connectivity index (χ1) is 18.2. The third-order valence-corrected chi connectivity index (χ3v) is 7.03. The highest BCUT2D eigenvalue weighted by Crippen LogP contribution is 2.32. The SMILES string of the molecule is CC(=O)N1CCN(Cc2ccc(Nc3ncc(F)c(-c4cc(C)c5nn(C)c(C(C)C)c5c4)n3)nc2)CC1. The third kappa shape index (κ3) is 5.22. The molecule has 10 heteroatoms. The first kappa shape index (κ1) is 25.7. The van der Waals surface area contributed by atoms with Crippen LogP contribution in [0.1, 0.15) is 43.5 Å². The van der Waals surface area contributed by atoms with Crippen molar-refractivity contribution < 1.29 is 9.18 Å². The molecule has 4 aromatic rings. The summed E-state index contributed by atoms with van der Waals surface area (Å²) in [4.78, 5) is 28.9. The molecular weight excluding hydrogens is 483 g/mol. The zero-order valence-corrected chi connectivity index (χ0v) is 22.5. The molecule has 1 aromatic carbocycles. The number of hydrogen-bond acceptors (Lipinski definition) is 7. The molecule has 4 heterocycles. The number of halogens is 1. The number of hydrogen-bond donors (Lipinski definition) is 1. The van der Waals surface area contributed by atoms with Crippen LogP contribution >= 0.6 is 0 Å². The molecule has 0 spiro atoms. The van der Waals surface area contributed by atoms with E-state index in [-0.39, 0.29) is 23.5 Å². The standard InChI is InChI=1S/C28H33FN8O/c1-17(2)27-22-13-21(12-18(3)25(22)34-35(27)5)26-23(29)15-31-28(33-26)32-24-7-6-20(14-30-24)16-36-8-10-37(11-9-36)19(4)38/h6-7,12-15,17H,8-11,16H2,1-5H3,(H,30,31,32,33). The Hall–Kier alpha value is -3.92. The number of benzene rings is 1. The highest BCUT2D eigenvalue weighted by molar-refractivity contribution is 5.89. The molecule has 198 valence electrons. The maximum absolute atomic E-state index is 14.9. The predicted octanol–water partition coefficient (Wildman–Crippen LogP) is 4.40. The van der Waals surface area contributed by atoms with Crippen LogP contribution in [0.4, 0.5) is 16.2 Å². The van der Waals surface area contributed by atoms with E-state index in [1.165, 1.54) is 6.20 Å². The molecule has 0 atom stereocenters. The molecule has 1 fully saturated rings. The minimum absolute atomic E-state index is 0.126. The number of carbonyl (C=O) groups is 1. The summed E-state index contributed by atoms with van der Waals surface area (Å²) in [7, 11) is 1.94. The maximum atomic E-state index is 14.9. The second kappa shape index (κ2) is 10.4. The molecule has 1 aliphatic heterocycles. The molecule has 0 radical (unpaired) electrons. The summed E-state index contributed by atoms with van der Waals surface area (Å²) in [5, 5.41) is 8.78. The lowest BCUT2D eigenvalue weighted by molar-refractivity contribution is -0.130. The van der Waals surface area contributed by atoms with Crippen molar-refractivity contribution in [2.75, 3.05) is 31.5 Å². The average molecular weight is 517 g/mol. The van der Waals surface area contributed by atoms with Gasteiger partial charge < -0.3 is 10.2 Å². The molecule has 38 heavy (non-hydrogen) atoms. The van der Waals surface area contributed by atoms with Crippen LogP contribution in [0.5, 0.6) is 0 Å². The zero-order valence-electron chi connectivity index (χ0n) is 22.5. The van der Waals surface area contributed by atoms with Crippen LogP contribution in [-0.4, -0.2) is 66.6 Å². The molecule has 1 amide bonds. The number of rotatable bonds is 6. The predicted molar refractivity (Wildman–Crippen MR) is 146 cm³/mol. The molecular formula is C28H33FN8O. The minimum Gasteiger partial charge on any atom is -0.340 e. The van der Waals surface area contributed by atoms with Crippen molar-refractivity contribution in [3.63, 3.8) is 0 Å². The van der Waals surface area contributed by atoms with Gasteiger partial charge in [0.2, 0.25) is 11.9 Å². The van der Waals surface area contributed by atoms with E-state index >= 15 is 0 Å². The summed E-state index contributed by atoms with van der Waals surface area (Å²) in [6, 6.07) is 7.75. The van der Waals surface area contributed by atoms with Crippen molar-refractivity contribution in [3.8, 4) is 11.3 Å². The van der Waals surface area contributed by atoms with Crippen molar-refractivity contribution in [1.82, 2.24) is 34.5 Å². The van der Waals surface area contributed by atoms with Gasteiger partial charge in [-0.25, -0.2) is 19.3 Å². The van der Waals surface area contributed by atoms with Gasteiger partial charge in [0.05, 0.1) is 11.7 Å². The Bertz CT molecular complexity index is 1470. The quantitative estimate of drug-likeness (QED) is 0.406. The molecule has 1 saturated heterocycles. The Morgan fingerprint density at radius 1 is 1.11 bits per heavy atom. The lowest BCUT2D eigenvalue weighted by Gasteiger charge is -2.34. The highest BCUT2D eigenvalue weighted by atomic mass is 19.1. The summed E-state index contributed by atoms with van der Waals surface area (Å²) < 4.78 is 16.8. The molecule has 0 saturated carbocycles. The van der Waals surface area contributed by atoms with E-state index < -0.39 is 5.82 Å². The lowest BCUT2D eigenvalue weighted by atomic mass is 9.99. The van der Waals surface area contributed by atoms with E-state index in [1.54, 1.807) is 6.92 Å². The average Bonchev–Trinajstić information content (AvgIpc) is 3.23. The smallest absolute Gasteiger partial charge is 0.229 e. The Kier molecular flexibility index (Phi) is 7.07. The summed E-state index contributed by atoms with van der Waals surface area (Å²) in [6.07, 6.45) is 3.00. The second-order valence-corrected chi connectivity index (χ2v) is 10.2. The van der Waals surface area contributed by atoms with E-state index in [0.29, 0.717) is 11.4 Å². The summed E-state index contributed by atoms with van der Waals surface area (Å²) in [5.41, 5.74) is 4.97. The summed E-state index contributed by atoms with van der Waals surface area (Å²) >= 11 is 0. The van der Waals surface area contributed by atoms with Crippen LogP contribution in [0.2, 0.25) is 0 Å². The van der Waals surface area contributed by atoms with Crippen LogP contribution in [0.15, 0.2) is 36.7 Å². The molecule has 9 nitrogen and oxygen atoms in total. The van der Waals surface area contributed by atoms with E-state index in [1.807, 2.05) is 54.0 Å². The fraction of sp³-hybridized carbons (Fsp3) is 0.393. The van der Waals surface area contributed by atoms with Crippen molar-refractivity contribution in [2.45, 2.75) is 40.2 Å². The fourth-order valence-electron chi connectivity index (χ4n) is 5.12. The van der Waals surface area contributed by atoms with Gasteiger partial charge in [0.15, 0.2) is 5.82 Å². The number of fused-ring (bicyclic) bond motifs is 1. The van der Waals surface area contributed by atoms with Crippen molar-refractivity contribution in [3.05, 3.63) is 59.3 Å². The van der Waals surface area contributed by atoms with Gasteiger partial charge in [0, 0.05) is 69.5 Å². The first-order valence-electron chi connectivity index (χ1n) is 12.9. The van der Waals surface area contributed by atoms with Crippen LogP contribution < -0.4 is 5.32 Å². The summed E-state index contributed by atoms with van der Waals surface area (Å²) in [6.45, 7) is 11.8. The molecule has 1 aliphatic rings. The number of pyridine rings is 1. The molecule has 5 rings (SSSR count). The van der Waals surface area contributed by atoms with Crippen LogP contribution in [0, 0.1) is 12.7 Å².